The van der Waals surface area contributed by atoms with Gasteiger partial charge in [-0.1, -0.05) is 0 Å². The molecule has 0 aliphatic carbocycles. The van der Waals surface area contributed by atoms with Gasteiger partial charge in [0.15, 0.2) is 0 Å². The predicted octanol–water partition coefficient (Wildman–Crippen LogP) is 1.76. The van der Waals surface area contributed by atoms with Gasteiger partial charge in [0.05, 0.1) is 0 Å². The molecule has 0 atom stereocenters. The Morgan fingerprint density at radius 1 is 1.50 bits per heavy atom. The summed E-state index contributed by atoms with van der Waals surface area (Å²) in [4.78, 5) is 0. The van der Waals surface area contributed by atoms with Crippen molar-refractivity contribution in [2.45, 2.75) is 0 Å². The van der Waals surface area contributed by atoms with E-state index in [-0.39, 0.29) is 0 Å². The standard InChI is InChI=1S/C7H6N2O/c1-2-7-6(3-5-10-7)9-8-4-1/h1-4H,5H2. The number of hydrogen-bond donors (Lipinski definition) is 0. The molecule has 0 N–H and O–H groups in total. The quantitative estimate of drug-likeness (QED) is 0.497. The lowest BCUT2D eigenvalue weighted by molar-refractivity contribution is 0.276. The highest BCUT2D eigenvalue weighted by Crippen LogP contribution is 2.21. The molecule has 3 nitrogen and oxygen atoms in total. The van der Waals surface area contributed by atoms with Crippen molar-refractivity contribution in [1.82, 2.24) is 0 Å². The van der Waals surface area contributed by atoms with Gasteiger partial charge in [0.1, 0.15) is 18.1 Å². The Morgan fingerprint density at radius 3 is 3.50 bits per heavy atom. The first-order valence-electron chi connectivity index (χ1n) is 3.08. The monoisotopic (exact) mass is 134 g/mol. The SMILES string of the molecule is C1=CN=NC2=CCOC2=C1. The molecule has 0 aromatic rings. The average Bonchev–Trinajstić information content (AvgIpc) is 2.28. The zero-order valence-electron chi connectivity index (χ0n) is 5.32. The summed E-state index contributed by atoms with van der Waals surface area (Å²) in [7, 11) is 0. The van der Waals surface area contributed by atoms with Crippen molar-refractivity contribution in [1.29, 1.82) is 0 Å². The Morgan fingerprint density at radius 2 is 2.50 bits per heavy atom. The first-order valence-corrected chi connectivity index (χ1v) is 3.08. The zero-order valence-corrected chi connectivity index (χ0v) is 5.32. The third kappa shape index (κ3) is 0.757. The van der Waals surface area contributed by atoms with Crippen molar-refractivity contribution in [3.63, 3.8) is 0 Å². The number of ether oxygens (including phenoxy) is 1. The van der Waals surface area contributed by atoms with Gasteiger partial charge in [-0.2, -0.15) is 5.11 Å². The summed E-state index contributed by atoms with van der Waals surface area (Å²) >= 11 is 0. The van der Waals surface area contributed by atoms with Crippen LogP contribution in [-0.4, -0.2) is 6.61 Å². The lowest BCUT2D eigenvalue weighted by atomic mass is 10.3. The zero-order chi connectivity index (χ0) is 6.81. The van der Waals surface area contributed by atoms with E-state index < -0.39 is 0 Å². The molecule has 50 valence electrons. The summed E-state index contributed by atoms with van der Waals surface area (Å²) in [6, 6.07) is 0. The molecule has 0 aromatic carbocycles. The highest BCUT2D eigenvalue weighted by atomic mass is 16.5. The second kappa shape index (κ2) is 2.10. The van der Waals surface area contributed by atoms with E-state index in [1.165, 1.54) is 0 Å². The van der Waals surface area contributed by atoms with E-state index in [1.54, 1.807) is 6.20 Å². The van der Waals surface area contributed by atoms with E-state index in [9.17, 15) is 0 Å². The maximum Gasteiger partial charge on any atom is 0.147 e. The van der Waals surface area contributed by atoms with Crippen molar-refractivity contribution in [3.05, 3.63) is 35.9 Å². The number of rotatable bonds is 0. The van der Waals surface area contributed by atoms with Gasteiger partial charge in [0.25, 0.3) is 0 Å². The van der Waals surface area contributed by atoms with Crippen LogP contribution < -0.4 is 0 Å². The highest BCUT2D eigenvalue weighted by molar-refractivity contribution is 5.32. The molecule has 0 saturated carbocycles. The van der Waals surface area contributed by atoms with Crippen LogP contribution in [0.25, 0.3) is 0 Å². The Balaban J connectivity index is 2.42. The van der Waals surface area contributed by atoms with Crippen LogP contribution in [0.4, 0.5) is 0 Å². The van der Waals surface area contributed by atoms with Gasteiger partial charge in [-0.25, -0.2) is 0 Å². The van der Waals surface area contributed by atoms with Gasteiger partial charge < -0.3 is 4.74 Å². The Bertz CT molecular complexity index is 261. The van der Waals surface area contributed by atoms with Gasteiger partial charge in [-0.15, -0.1) is 5.11 Å². The molecule has 3 heteroatoms. The molecule has 2 aliphatic heterocycles. The lowest BCUT2D eigenvalue weighted by Crippen LogP contribution is -1.81. The predicted molar refractivity (Wildman–Crippen MR) is 36.1 cm³/mol. The van der Waals surface area contributed by atoms with Crippen LogP contribution in [0.1, 0.15) is 0 Å². The summed E-state index contributed by atoms with van der Waals surface area (Å²) in [6.45, 7) is 0.619. The van der Waals surface area contributed by atoms with E-state index in [2.05, 4.69) is 10.2 Å². The van der Waals surface area contributed by atoms with Crippen molar-refractivity contribution >= 4 is 0 Å². The minimum Gasteiger partial charge on any atom is -0.487 e. The Labute approximate surface area is 58.4 Å². The second-order valence-corrected chi connectivity index (χ2v) is 1.99. The number of nitrogens with zero attached hydrogens (tertiary/aromatic N) is 2. The van der Waals surface area contributed by atoms with Crippen LogP contribution in [-0.2, 0) is 4.74 Å². The maximum absolute atomic E-state index is 5.20. The molecule has 0 amide bonds. The first-order chi connectivity index (χ1) is 4.97. The normalized spacial score (nSPS) is 20.8. The number of azo groups is 1. The van der Waals surface area contributed by atoms with Gasteiger partial charge in [0, 0.05) is 6.20 Å². The molecule has 0 radical (unpaired) electrons. The molecule has 0 unspecified atom stereocenters. The summed E-state index contributed by atoms with van der Waals surface area (Å²) < 4.78 is 5.20. The first kappa shape index (κ1) is 5.41. The van der Waals surface area contributed by atoms with E-state index >= 15 is 0 Å². The smallest absolute Gasteiger partial charge is 0.147 e. The van der Waals surface area contributed by atoms with Crippen molar-refractivity contribution in [2.75, 3.05) is 6.61 Å². The third-order valence-corrected chi connectivity index (χ3v) is 1.33. The fourth-order valence-electron chi connectivity index (χ4n) is 0.873. The molecule has 0 aromatic heterocycles. The Kier molecular flexibility index (Phi) is 1.13. The topological polar surface area (TPSA) is 34.0 Å². The molecule has 0 bridgehead atoms. The van der Waals surface area contributed by atoms with Gasteiger partial charge in [-0.3, -0.25) is 0 Å². The van der Waals surface area contributed by atoms with Gasteiger partial charge in [-0.05, 0) is 18.2 Å². The van der Waals surface area contributed by atoms with E-state index in [0.717, 1.165) is 11.5 Å². The minimum atomic E-state index is 0.619. The van der Waals surface area contributed by atoms with Crippen molar-refractivity contribution in [3.8, 4) is 0 Å². The molecule has 2 rings (SSSR count). The molecule has 0 saturated heterocycles. The molecular weight excluding hydrogens is 128 g/mol. The fraction of sp³-hybridized carbons (Fsp3) is 0.143. The van der Waals surface area contributed by atoms with E-state index in [1.807, 2.05) is 18.2 Å². The van der Waals surface area contributed by atoms with Gasteiger partial charge >= 0.3 is 0 Å². The summed E-state index contributed by atoms with van der Waals surface area (Å²) in [6.07, 6.45) is 7.21. The molecule has 2 heterocycles. The van der Waals surface area contributed by atoms with E-state index in [0.29, 0.717) is 6.61 Å². The van der Waals surface area contributed by atoms with Crippen LogP contribution >= 0.6 is 0 Å². The van der Waals surface area contributed by atoms with Crippen LogP contribution in [0.3, 0.4) is 0 Å². The van der Waals surface area contributed by atoms with Crippen molar-refractivity contribution in [2.24, 2.45) is 10.2 Å². The average molecular weight is 134 g/mol. The molecule has 10 heavy (non-hydrogen) atoms. The molecule has 0 fully saturated rings. The Hall–Kier alpha value is -1.38. The van der Waals surface area contributed by atoms with E-state index in [4.69, 9.17) is 4.74 Å². The fourth-order valence-corrected chi connectivity index (χ4v) is 0.873. The highest BCUT2D eigenvalue weighted by Gasteiger charge is 2.11. The molecular formula is C7H6N2O. The van der Waals surface area contributed by atoms with Crippen LogP contribution in [0.15, 0.2) is 46.1 Å². The summed E-state index contributed by atoms with van der Waals surface area (Å²) in [5.41, 5.74) is 0.838. The third-order valence-electron chi connectivity index (χ3n) is 1.33. The molecule has 0 spiro atoms. The minimum absolute atomic E-state index is 0.619. The summed E-state index contributed by atoms with van der Waals surface area (Å²) in [5.74, 6) is 0.817. The van der Waals surface area contributed by atoms with Crippen molar-refractivity contribution < 1.29 is 4.74 Å². The maximum atomic E-state index is 5.20. The van der Waals surface area contributed by atoms with Crippen LogP contribution in [0, 0.1) is 0 Å². The van der Waals surface area contributed by atoms with Crippen LogP contribution in [0.5, 0.6) is 0 Å². The largest absolute Gasteiger partial charge is 0.487 e. The number of fused-ring (bicyclic) bond motifs is 1. The van der Waals surface area contributed by atoms with Crippen LogP contribution in [0.2, 0.25) is 0 Å². The molecule has 2 aliphatic rings. The van der Waals surface area contributed by atoms with Gasteiger partial charge in [0.2, 0.25) is 0 Å². The number of allylic oxidation sites excluding steroid dienone is 2. The lowest BCUT2D eigenvalue weighted by Gasteiger charge is -1.94. The summed E-state index contributed by atoms with van der Waals surface area (Å²) in [5, 5.41) is 7.65. The number of hydrogen-bond acceptors (Lipinski definition) is 3. The second-order valence-electron chi connectivity index (χ2n) is 1.99.